The standard InChI is InChI=1S/C17H25N3O/c1-13-8-10-18-17(19-13)15-9-11-20(12-15)16(21)7-6-14-4-2-3-5-14/h8,10,14-15H,2-7,9,11-12H2,1H3. The molecule has 21 heavy (non-hydrogen) atoms. The van der Waals surface area contributed by atoms with E-state index in [1.54, 1.807) is 0 Å². The molecule has 1 saturated heterocycles. The smallest absolute Gasteiger partial charge is 0.222 e. The van der Waals surface area contributed by atoms with Gasteiger partial charge in [-0.05, 0) is 31.7 Å². The molecule has 114 valence electrons. The van der Waals surface area contributed by atoms with Crippen molar-refractivity contribution in [2.45, 2.75) is 57.8 Å². The highest BCUT2D eigenvalue weighted by molar-refractivity contribution is 5.76. The number of aryl methyl sites for hydroxylation is 1. The Morgan fingerprint density at radius 1 is 1.33 bits per heavy atom. The molecular formula is C17H25N3O. The third-order valence-electron chi connectivity index (χ3n) is 4.96. The fraction of sp³-hybridized carbons (Fsp3) is 0.706. The molecule has 2 aliphatic rings. The number of likely N-dealkylation sites (tertiary alicyclic amines) is 1. The molecule has 0 N–H and O–H groups in total. The molecule has 1 aromatic heterocycles. The van der Waals surface area contributed by atoms with Crippen molar-refractivity contribution in [3.63, 3.8) is 0 Å². The van der Waals surface area contributed by atoms with E-state index in [0.717, 1.165) is 49.8 Å². The number of carbonyl (C=O) groups is 1. The summed E-state index contributed by atoms with van der Waals surface area (Å²) < 4.78 is 0. The maximum Gasteiger partial charge on any atom is 0.222 e. The van der Waals surface area contributed by atoms with Gasteiger partial charge in [-0.3, -0.25) is 4.79 Å². The normalized spacial score (nSPS) is 22.9. The summed E-state index contributed by atoms with van der Waals surface area (Å²) in [4.78, 5) is 23.2. The number of hydrogen-bond donors (Lipinski definition) is 0. The highest BCUT2D eigenvalue weighted by atomic mass is 16.2. The minimum absolute atomic E-state index is 0.320. The summed E-state index contributed by atoms with van der Waals surface area (Å²) in [5.74, 6) is 2.35. The molecule has 2 fully saturated rings. The van der Waals surface area contributed by atoms with Crippen molar-refractivity contribution in [1.29, 1.82) is 0 Å². The molecule has 1 atom stereocenters. The molecule has 1 unspecified atom stereocenters. The Morgan fingerprint density at radius 3 is 2.90 bits per heavy atom. The summed E-state index contributed by atoms with van der Waals surface area (Å²) in [5, 5.41) is 0. The van der Waals surface area contributed by atoms with Crippen LogP contribution < -0.4 is 0 Å². The van der Waals surface area contributed by atoms with E-state index in [4.69, 9.17) is 0 Å². The highest BCUT2D eigenvalue weighted by Crippen LogP contribution is 2.30. The van der Waals surface area contributed by atoms with Gasteiger partial charge in [0.25, 0.3) is 0 Å². The van der Waals surface area contributed by atoms with E-state index in [2.05, 4.69) is 9.97 Å². The SMILES string of the molecule is Cc1ccnc(C2CCN(C(=O)CCC3CCCC3)C2)n1. The third-order valence-corrected chi connectivity index (χ3v) is 4.96. The van der Waals surface area contributed by atoms with Crippen LogP contribution in [-0.4, -0.2) is 33.9 Å². The monoisotopic (exact) mass is 287 g/mol. The Labute approximate surface area is 127 Å². The van der Waals surface area contributed by atoms with Crippen molar-refractivity contribution in [3.8, 4) is 0 Å². The second-order valence-corrected chi connectivity index (χ2v) is 6.57. The lowest BCUT2D eigenvalue weighted by atomic mass is 10.0. The largest absolute Gasteiger partial charge is 0.342 e. The molecule has 1 aliphatic carbocycles. The Kier molecular flexibility index (Phi) is 4.51. The van der Waals surface area contributed by atoms with Crippen molar-refractivity contribution < 1.29 is 4.79 Å². The molecule has 3 rings (SSSR count). The van der Waals surface area contributed by atoms with Crippen molar-refractivity contribution in [2.24, 2.45) is 5.92 Å². The molecule has 4 nitrogen and oxygen atoms in total. The first-order valence-electron chi connectivity index (χ1n) is 8.29. The molecule has 1 aromatic rings. The van der Waals surface area contributed by atoms with Gasteiger partial charge in [0.15, 0.2) is 0 Å². The summed E-state index contributed by atoms with van der Waals surface area (Å²) in [6.07, 6.45) is 10.00. The van der Waals surface area contributed by atoms with E-state index in [9.17, 15) is 4.79 Å². The van der Waals surface area contributed by atoms with E-state index in [1.165, 1.54) is 25.7 Å². The topological polar surface area (TPSA) is 46.1 Å². The number of amides is 1. The predicted octanol–water partition coefficient (Wildman–Crippen LogP) is 3.07. The Morgan fingerprint density at radius 2 is 2.14 bits per heavy atom. The second-order valence-electron chi connectivity index (χ2n) is 6.57. The fourth-order valence-electron chi connectivity index (χ4n) is 3.65. The van der Waals surface area contributed by atoms with Crippen molar-refractivity contribution in [1.82, 2.24) is 14.9 Å². The van der Waals surface area contributed by atoms with Gasteiger partial charge in [-0.2, -0.15) is 0 Å². The van der Waals surface area contributed by atoms with Crippen molar-refractivity contribution in [3.05, 3.63) is 23.8 Å². The van der Waals surface area contributed by atoms with Gasteiger partial charge in [-0.25, -0.2) is 9.97 Å². The molecule has 1 saturated carbocycles. The summed E-state index contributed by atoms with van der Waals surface area (Å²) in [6.45, 7) is 3.66. The molecule has 2 heterocycles. The van der Waals surface area contributed by atoms with Crippen LogP contribution in [0.25, 0.3) is 0 Å². The van der Waals surface area contributed by atoms with Crippen LogP contribution in [0.1, 0.15) is 62.4 Å². The minimum atomic E-state index is 0.320. The lowest BCUT2D eigenvalue weighted by Gasteiger charge is -2.17. The average molecular weight is 287 g/mol. The molecule has 4 heteroatoms. The Bertz CT molecular complexity index is 497. The molecular weight excluding hydrogens is 262 g/mol. The summed E-state index contributed by atoms with van der Waals surface area (Å²) in [7, 11) is 0. The Hall–Kier alpha value is -1.45. The van der Waals surface area contributed by atoms with Crippen LogP contribution in [0.15, 0.2) is 12.3 Å². The minimum Gasteiger partial charge on any atom is -0.342 e. The summed E-state index contributed by atoms with van der Waals surface area (Å²) in [5.41, 5.74) is 1.01. The number of carbonyl (C=O) groups excluding carboxylic acids is 1. The van der Waals surface area contributed by atoms with Crippen LogP contribution in [0.3, 0.4) is 0 Å². The van der Waals surface area contributed by atoms with Crippen LogP contribution >= 0.6 is 0 Å². The second kappa shape index (κ2) is 6.54. The lowest BCUT2D eigenvalue weighted by molar-refractivity contribution is -0.130. The van der Waals surface area contributed by atoms with Gasteiger partial charge in [-0.1, -0.05) is 25.7 Å². The lowest BCUT2D eigenvalue weighted by Crippen LogP contribution is -2.28. The first kappa shape index (κ1) is 14.5. The predicted molar refractivity (Wildman–Crippen MR) is 81.9 cm³/mol. The number of rotatable bonds is 4. The maximum atomic E-state index is 12.3. The molecule has 1 amide bonds. The first-order valence-corrected chi connectivity index (χ1v) is 8.29. The van der Waals surface area contributed by atoms with Crippen molar-refractivity contribution in [2.75, 3.05) is 13.1 Å². The number of hydrogen-bond acceptors (Lipinski definition) is 3. The first-order chi connectivity index (χ1) is 10.2. The van der Waals surface area contributed by atoms with Crippen LogP contribution in [0.2, 0.25) is 0 Å². The molecule has 0 spiro atoms. The van der Waals surface area contributed by atoms with Crippen LogP contribution in [0.4, 0.5) is 0 Å². The quantitative estimate of drug-likeness (QED) is 0.855. The maximum absolute atomic E-state index is 12.3. The van der Waals surface area contributed by atoms with Crippen LogP contribution in [-0.2, 0) is 4.79 Å². The Balaban J connectivity index is 1.50. The zero-order valence-electron chi connectivity index (χ0n) is 12.9. The third kappa shape index (κ3) is 3.60. The van der Waals surface area contributed by atoms with Gasteiger partial charge in [0.2, 0.25) is 5.91 Å². The van der Waals surface area contributed by atoms with Crippen LogP contribution in [0, 0.1) is 12.8 Å². The average Bonchev–Trinajstić information content (AvgIpc) is 3.16. The zero-order chi connectivity index (χ0) is 14.7. The van der Waals surface area contributed by atoms with Gasteiger partial charge < -0.3 is 4.90 Å². The van der Waals surface area contributed by atoms with E-state index < -0.39 is 0 Å². The van der Waals surface area contributed by atoms with E-state index >= 15 is 0 Å². The van der Waals surface area contributed by atoms with Gasteiger partial charge in [-0.15, -0.1) is 0 Å². The summed E-state index contributed by atoms with van der Waals surface area (Å²) >= 11 is 0. The van der Waals surface area contributed by atoms with Gasteiger partial charge >= 0.3 is 0 Å². The van der Waals surface area contributed by atoms with Crippen molar-refractivity contribution >= 4 is 5.91 Å². The highest BCUT2D eigenvalue weighted by Gasteiger charge is 2.29. The number of aromatic nitrogens is 2. The summed E-state index contributed by atoms with van der Waals surface area (Å²) in [6, 6.07) is 1.92. The zero-order valence-corrected chi connectivity index (χ0v) is 12.9. The molecule has 1 aliphatic heterocycles. The van der Waals surface area contributed by atoms with E-state index in [0.29, 0.717) is 11.8 Å². The van der Waals surface area contributed by atoms with Gasteiger partial charge in [0.05, 0.1) is 0 Å². The van der Waals surface area contributed by atoms with Gasteiger partial charge in [0, 0.05) is 37.3 Å². The van der Waals surface area contributed by atoms with Gasteiger partial charge in [0.1, 0.15) is 5.82 Å². The molecule has 0 radical (unpaired) electrons. The fourth-order valence-corrected chi connectivity index (χ4v) is 3.65. The van der Waals surface area contributed by atoms with E-state index in [1.807, 2.05) is 24.1 Å². The molecule has 0 bridgehead atoms. The number of nitrogens with zero attached hydrogens (tertiary/aromatic N) is 3. The molecule has 0 aromatic carbocycles. The van der Waals surface area contributed by atoms with Crippen LogP contribution in [0.5, 0.6) is 0 Å². The van der Waals surface area contributed by atoms with E-state index in [-0.39, 0.29) is 0 Å².